The maximum absolute atomic E-state index is 3.52. The van der Waals surface area contributed by atoms with E-state index < -0.39 is 0 Å². The molecule has 0 aromatic heterocycles. The van der Waals surface area contributed by atoms with Crippen LogP contribution < -0.4 is 21.3 Å². The fraction of sp³-hybridized carbons (Fsp3) is 1.00. The molecule has 0 fully saturated rings. The van der Waals surface area contributed by atoms with E-state index in [9.17, 15) is 0 Å². The smallest absolute Gasteiger partial charge is 0.00484 e. The van der Waals surface area contributed by atoms with Gasteiger partial charge in [-0.1, -0.05) is 6.92 Å². The van der Waals surface area contributed by atoms with Crippen LogP contribution in [0.2, 0.25) is 0 Å². The molecule has 0 rings (SSSR count). The predicted molar refractivity (Wildman–Crippen MR) is 85.9 cm³/mol. The van der Waals surface area contributed by atoms with E-state index in [1.165, 1.54) is 64.7 Å². The summed E-state index contributed by atoms with van der Waals surface area (Å²) in [4.78, 5) is 0. The van der Waals surface area contributed by atoms with E-state index in [1.54, 1.807) is 0 Å². The summed E-state index contributed by atoms with van der Waals surface area (Å²) in [7, 11) is 2.01. The van der Waals surface area contributed by atoms with Crippen molar-refractivity contribution in [2.24, 2.45) is 0 Å². The molecule has 0 spiro atoms. The first-order valence-corrected chi connectivity index (χ1v) is 8.18. The highest BCUT2D eigenvalue weighted by Gasteiger charge is 1.91. The van der Waals surface area contributed by atoms with Crippen LogP contribution in [0.4, 0.5) is 0 Å². The minimum absolute atomic E-state index is 1.09. The van der Waals surface area contributed by atoms with Crippen LogP contribution in [0.5, 0.6) is 0 Å². The normalized spacial score (nSPS) is 11.1. The maximum atomic E-state index is 3.52. The van der Waals surface area contributed by atoms with Crippen LogP contribution in [-0.4, -0.2) is 52.9 Å². The molecule has 0 aliphatic heterocycles. The van der Waals surface area contributed by atoms with Crippen molar-refractivity contribution in [1.82, 2.24) is 21.3 Å². The van der Waals surface area contributed by atoms with E-state index in [0.717, 1.165) is 19.6 Å². The van der Waals surface area contributed by atoms with E-state index in [4.69, 9.17) is 0 Å². The van der Waals surface area contributed by atoms with E-state index in [0.29, 0.717) is 0 Å². The molecular weight excluding hydrogens is 236 g/mol. The van der Waals surface area contributed by atoms with Crippen LogP contribution >= 0.6 is 0 Å². The van der Waals surface area contributed by atoms with Gasteiger partial charge in [0.15, 0.2) is 0 Å². The Morgan fingerprint density at radius 2 is 0.895 bits per heavy atom. The lowest BCUT2D eigenvalue weighted by molar-refractivity contribution is 0.547. The zero-order chi connectivity index (χ0) is 14.0. The van der Waals surface area contributed by atoms with Crippen molar-refractivity contribution in [2.45, 2.75) is 45.4 Å². The second-order valence-electron chi connectivity index (χ2n) is 5.08. The molecule has 0 radical (unpaired) electrons. The molecule has 0 atom stereocenters. The van der Waals surface area contributed by atoms with E-state index >= 15 is 0 Å². The Labute approximate surface area is 120 Å². The SMILES string of the molecule is CCNCCCCNCCCCNCCCCNC. The third-order valence-corrected chi connectivity index (χ3v) is 3.19. The van der Waals surface area contributed by atoms with Crippen LogP contribution in [-0.2, 0) is 0 Å². The molecule has 0 unspecified atom stereocenters. The molecule has 4 N–H and O–H groups in total. The fourth-order valence-corrected chi connectivity index (χ4v) is 1.98. The van der Waals surface area contributed by atoms with Gasteiger partial charge in [0.2, 0.25) is 0 Å². The fourth-order valence-electron chi connectivity index (χ4n) is 1.98. The number of rotatable bonds is 16. The monoisotopic (exact) mass is 272 g/mol. The van der Waals surface area contributed by atoms with Gasteiger partial charge in [-0.05, 0) is 91.4 Å². The minimum atomic E-state index is 1.09. The first-order valence-electron chi connectivity index (χ1n) is 8.18. The zero-order valence-corrected chi connectivity index (χ0v) is 13.2. The van der Waals surface area contributed by atoms with Gasteiger partial charge in [0, 0.05) is 0 Å². The molecule has 19 heavy (non-hydrogen) atoms. The molecule has 0 aliphatic carbocycles. The van der Waals surface area contributed by atoms with Crippen molar-refractivity contribution >= 4 is 0 Å². The zero-order valence-electron chi connectivity index (χ0n) is 13.2. The van der Waals surface area contributed by atoms with Crippen molar-refractivity contribution in [3.8, 4) is 0 Å². The molecule has 0 amide bonds. The van der Waals surface area contributed by atoms with Gasteiger partial charge < -0.3 is 21.3 Å². The first kappa shape index (κ1) is 18.8. The quantitative estimate of drug-likeness (QED) is 0.320. The second kappa shape index (κ2) is 17.8. The number of nitrogens with one attached hydrogen (secondary N) is 4. The highest BCUT2D eigenvalue weighted by Crippen LogP contribution is 1.89. The van der Waals surface area contributed by atoms with Gasteiger partial charge in [-0.2, -0.15) is 0 Å². The van der Waals surface area contributed by atoms with Crippen LogP contribution in [0.15, 0.2) is 0 Å². The highest BCUT2D eigenvalue weighted by molar-refractivity contribution is 4.54. The van der Waals surface area contributed by atoms with Gasteiger partial charge in [-0.25, -0.2) is 0 Å². The van der Waals surface area contributed by atoms with E-state index in [2.05, 4.69) is 28.2 Å². The number of hydrogen-bond donors (Lipinski definition) is 4. The Morgan fingerprint density at radius 3 is 1.26 bits per heavy atom. The highest BCUT2D eigenvalue weighted by atomic mass is 14.9. The van der Waals surface area contributed by atoms with Crippen LogP contribution in [0.3, 0.4) is 0 Å². The summed E-state index contributed by atoms with van der Waals surface area (Å²) in [5, 5.41) is 13.5. The van der Waals surface area contributed by atoms with Gasteiger partial charge in [0.25, 0.3) is 0 Å². The third-order valence-electron chi connectivity index (χ3n) is 3.19. The molecule has 116 valence electrons. The van der Waals surface area contributed by atoms with Crippen LogP contribution in [0.25, 0.3) is 0 Å². The summed E-state index contributed by atoms with van der Waals surface area (Å²) >= 11 is 0. The first-order chi connectivity index (χ1) is 9.41. The molecule has 0 aromatic rings. The van der Waals surface area contributed by atoms with Crippen molar-refractivity contribution in [1.29, 1.82) is 0 Å². The van der Waals surface area contributed by atoms with Crippen LogP contribution in [0, 0.1) is 0 Å². The van der Waals surface area contributed by atoms with Gasteiger partial charge in [0.05, 0.1) is 0 Å². The third kappa shape index (κ3) is 17.8. The van der Waals surface area contributed by atoms with E-state index in [1.807, 2.05) is 7.05 Å². The van der Waals surface area contributed by atoms with Gasteiger partial charge >= 0.3 is 0 Å². The van der Waals surface area contributed by atoms with Gasteiger partial charge in [0.1, 0.15) is 0 Å². The lowest BCUT2D eigenvalue weighted by Crippen LogP contribution is -2.22. The summed E-state index contributed by atoms with van der Waals surface area (Å²) in [6.45, 7) is 10.2. The molecule has 0 aromatic carbocycles. The Hall–Kier alpha value is -0.160. The average Bonchev–Trinajstić information content (AvgIpc) is 2.43. The lowest BCUT2D eigenvalue weighted by Gasteiger charge is -2.06. The van der Waals surface area contributed by atoms with Gasteiger partial charge in [-0.15, -0.1) is 0 Å². The van der Waals surface area contributed by atoms with Crippen molar-refractivity contribution < 1.29 is 0 Å². The van der Waals surface area contributed by atoms with Crippen LogP contribution in [0.1, 0.15) is 45.4 Å². The van der Waals surface area contributed by atoms with Gasteiger partial charge in [-0.3, -0.25) is 0 Å². The molecule has 0 heterocycles. The summed E-state index contributed by atoms with van der Waals surface area (Å²) in [6, 6.07) is 0. The predicted octanol–water partition coefficient (Wildman–Crippen LogP) is 1.34. The minimum Gasteiger partial charge on any atom is -0.320 e. The standard InChI is InChI=1S/C15H36N4/c1-3-17-11-6-7-13-19-15-9-8-14-18-12-5-4-10-16-2/h16-19H,3-15H2,1-2H3. The topological polar surface area (TPSA) is 48.1 Å². The van der Waals surface area contributed by atoms with E-state index in [-0.39, 0.29) is 0 Å². The Kier molecular flexibility index (Phi) is 17.7. The molecule has 4 nitrogen and oxygen atoms in total. The summed E-state index contributed by atoms with van der Waals surface area (Å²) in [6.07, 6.45) is 7.71. The number of hydrogen-bond acceptors (Lipinski definition) is 4. The number of unbranched alkanes of at least 4 members (excludes halogenated alkanes) is 3. The maximum Gasteiger partial charge on any atom is -0.00484 e. The van der Waals surface area contributed by atoms with Crippen molar-refractivity contribution in [2.75, 3.05) is 52.9 Å². The molecule has 0 saturated heterocycles. The molecular formula is C15H36N4. The molecule has 0 bridgehead atoms. The molecule has 4 heteroatoms. The Morgan fingerprint density at radius 1 is 0.526 bits per heavy atom. The summed E-state index contributed by atoms with van der Waals surface area (Å²) < 4.78 is 0. The largest absolute Gasteiger partial charge is 0.320 e. The second-order valence-corrected chi connectivity index (χ2v) is 5.08. The van der Waals surface area contributed by atoms with Crippen molar-refractivity contribution in [3.05, 3.63) is 0 Å². The average molecular weight is 272 g/mol. The summed E-state index contributed by atoms with van der Waals surface area (Å²) in [5.74, 6) is 0. The van der Waals surface area contributed by atoms with Crippen molar-refractivity contribution in [3.63, 3.8) is 0 Å². The molecule has 0 aliphatic rings. The molecule has 0 saturated carbocycles. The Balaban J connectivity index is 2.88. The Bertz CT molecular complexity index is 137. The lowest BCUT2D eigenvalue weighted by atomic mass is 10.2. The summed E-state index contributed by atoms with van der Waals surface area (Å²) in [5.41, 5.74) is 0.